The van der Waals surface area contributed by atoms with Crippen molar-refractivity contribution in [1.29, 1.82) is 0 Å². The Kier molecular flexibility index (Phi) is 2.46. The van der Waals surface area contributed by atoms with E-state index in [2.05, 4.69) is 0 Å². The fraction of sp³-hybridized carbons (Fsp3) is 0.750. The van der Waals surface area contributed by atoms with Gasteiger partial charge in [-0.05, 0) is 6.92 Å². The van der Waals surface area contributed by atoms with Gasteiger partial charge in [-0.1, -0.05) is 0 Å². The summed E-state index contributed by atoms with van der Waals surface area (Å²) < 4.78 is 0. The van der Waals surface area contributed by atoms with Crippen LogP contribution < -0.4 is 5.41 Å². The number of rotatable bonds is 2. The zero-order valence-electron chi connectivity index (χ0n) is 4.18. The van der Waals surface area contributed by atoms with E-state index in [0.717, 1.165) is 12.9 Å². The molecule has 0 atom stereocenters. The SMILES string of the molecule is CCN(C)C=[N]. The molecule has 0 N–H and O–H groups in total. The third-order valence-corrected chi connectivity index (χ3v) is 0.696. The zero-order valence-corrected chi connectivity index (χ0v) is 4.18. The van der Waals surface area contributed by atoms with Crippen molar-refractivity contribution in [3.8, 4) is 0 Å². The van der Waals surface area contributed by atoms with Gasteiger partial charge in [0.1, 0.15) is 6.34 Å². The summed E-state index contributed by atoms with van der Waals surface area (Å²) in [7, 11) is 1.81. The van der Waals surface area contributed by atoms with Crippen LogP contribution in [0.15, 0.2) is 0 Å². The summed E-state index contributed by atoms with van der Waals surface area (Å²) in [4.78, 5) is 1.68. The Labute approximate surface area is 38.3 Å². The van der Waals surface area contributed by atoms with Crippen molar-refractivity contribution >= 4 is 6.34 Å². The van der Waals surface area contributed by atoms with Gasteiger partial charge in [-0.15, -0.1) is 5.41 Å². The Morgan fingerprint density at radius 1 is 1.83 bits per heavy atom. The van der Waals surface area contributed by atoms with Gasteiger partial charge >= 0.3 is 0 Å². The van der Waals surface area contributed by atoms with Crippen LogP contribution in [0.4, 0.5) is 0 Å². The monoisotopic (exact) mass is 85.1 g/mol. The van der Waals surface area contributed by atoms with E-state index in [1.807, 2.05) is 6.92 Å². The molecule has 0 amide bonds. The lowest BCUT2D eigenvalue weighted by Gasteiger charge is -2.03. The minimum Gasteiger partial charge on any atom is -0.364 e. The van der Waals surface area contributed by atoms with Gasteiger partial charge in [-0.25, -0.2) is 0 Å². The summed E-state index contributed by atoms with van der Waals surface area (Å²) in [5.41, 5.74) is 0. The normalized spacial score (nSPS) is 7.67. The van der Waals surface area contributed by atoms with Crippen LogP contribution in [-0.2, 0) is 0 Å². The fourth-order valence-electron chi connectivity index (χ4n) is 0.0816. The predicted octanol–water partition coefficient (Wildman–Crippen LogP) is -0.234. The second kappa shape index (κ2) is 2.69. The first kappa shape index (κ1) is 5.47. The van der Waals surface area contributed by atoms with Crippen molar-refractivity contribution in [1.82, 2.24) is 10.3 Å². The molecule has 1 radical (unpaired) electrons. The Balaban J connectivity index is 2.96. The molecule has 2 heteroatoms. The van der Waals surface area contributed by atoms with Crippen LogP contribution in [0.2, 0.25) is 0 Å². The summed E-state index contributed by atoms with van der Waals surface area (Å²) in [5.74, 6) is 0. The molecule has 0 aromatic rings. The number of hydrogen-bond donors (Lipinski definition) is 0. The quantitative estimate of drug-likeness (QED) is 0.336. The van der Waals surface area contributed by atoms with Gasteiger partial charge in [-0.2, -0.15) is 0 Å². The van der Waals surface area contributed by atoms with Gasteiger partial charge < -0.3 is 4.90 Å². The Hall–Kier alpha value is -0.530. The van der Waals surface area contributed by atoms with E-state index in [9.17, 15) is 0 Å². The van der Waals surface area contributed by atoms with Gasteiger partial charge in [0.2, 0.25) is 0 Å². The molecule has 0 aliphatic carbocycles. The third kappa shape index (κ3) is 1.76. The Morgan fingerprint density at radius 2 is 2.33 bits per heavy atom. The van der Waals surface area contributed by atoms with Crippen LogP contribution in [0.25, 0.3) is 0 Å². The molecule has 0 aliphatic rings. The second-order valence-electron chi connectivity index (χ2n) is 1.19. The average Bonchev–Trinajstić information content (AvgIpc) is 1.65. The van der Waals surface area contributed by atoms with Gasteiger partial charge in [-0.3, -0.25) is 0 Å². The molecule has 0 aromatic heterocycles. The van der Waals surface area contributed by atoms with Crippen molar-refractivity contribution in [3.63, 3.8) is 0 Å². The first-order valence-electron chi connectivity index (χ1n) is 1.99. The average molecular weight is 85.1 g/mol. The Bertz CT molecular complexity index is 42.8. The molecule has 0 bridgehead atoms. The molecule has 0 saturated heterocycles. The van der Waals surface area contributed by atoms with Crippen molar-refractivity contribution in [2.45, 2.75) is 6.92 Å². The van der Waals surface area contributed by atoms with Gasteiger partial charge in [0, 0.05) is 13.6 Å². The van der Waals surface area contributed by atoms with Crippen LogP contribution >= 0.6 is 0 Å². The Morgan fingerprint density at radius 3 is 2.33 bits per heavy atom. The smallest absolute Gasteiger partial charge is 0.113 e. The molecule has 0 aliphatic heterocycles. The molecule has 2 nitrogen and oxygen atoms in total. The number of nitrogens with zero attached hydrogens (tertiary/aromatic N) is 2. The molecular weight excluding hydrogens is 76.1 g/mol. The van der Waals surface area contributed by atoms with E-state index in [1.165, 1.54) is 0 Å². The summed E-state index contributed by atoms with van der Waals surface area (Å²) in [5, 5.41) is 8.14. The molecule has 0 fully saturated rings. The molecule has 0 rings (SSSR count). The van der Waals surface area contributed by atoms with E-state index in [1.54, 1.807) is 11.9 Å². The molecule has 0 saturated carbocycles. The highest BCUT2D eigenvalue weighted by Crippen LogP contribution is 1.65. The first-order chi connectivity index (χ1) is 2.81. The summed E-state index contributed by atoms with van der Waals surface area (Å²) in [6, 6.07) is 0. The van der Waals surface area contributed by atoms with Crippen molar-refractivity contribution < 1.29 is 0 Å². The topological polar surface area (TPSA) is 25.5 Å². The van der Waals surface area contributed by atoms with Gasteiger partial charge in [0.05, 0.1) is 0 Å². The fourth-order valence-corrected chi connectivity index (χ4v) is 0.0816. The van der Waals surface area contributed by atoms with Crippen molar-refractivity contribution in [2.24, 2.45) is 0 Å². The lowest BCUT2D eigenvalue weighted by atomic mass is 10.7. The molecule has 35 valence electrons. The van der Waals surface area contributed by atoms with E-state index in [4.69, 9.17) is 5.41 Å². The van der Waals surface area contributed by atoms with E-state index in [-0.39, 0.29) is 0 Å². The predicted molar refractivity (Wildman–Crippen MR) is 26.5 cm³/mol. The minimum atomic E-state index is 0.858. The van der Waals surface area contributed by atoms with E-state index >= 15 is 0 Å². The van der Waals surface area contributed by atoms with Gasteiger partial charge in [0.25, 0.3) is 0 Å². The van der Waals surface area contributed by atoms with E-state index in [0.29, 0.717) is 0 Å². The van der Waals surface area contributed by atoms with Crippen molar-refractivity contribution in [2.75, 3.05) is 13.6 Å². The summed E-state index contributed by atoms with van der Waals surface area (Å²) in [6.45, 7) is 2.82. The molecular formula is C4H9N2. The third-order valence-electron chi connectivity index (χ3n) is 0.696. The largest absolute Gasteiger partial charge is 0.364 e. The first-order valence-corrected chi connectivity index (χ1v) is 1.99. The highest BCUT2D eigenvalue weighted by atomic mass is 15.1. The molecule has 0 heterocycles. The molecule has 0 unspecified atom stereocenters. The number of hydrogen-bond acceptors (Lipinski definition) is 0. The lowest BCUT2D eigenvalue weighted by Crippen LogP contribution is -2.14. The van der Waals surface area contributed by atoms with Crippen molar-refractivity contribution in [3.05, 3.63) is 0 Å². The summed E-state index contributed by atoms with van der Waals surface area (Å²) >= 11 is 0. The van der Waals surface area contributed by atoms with E-state index < -0.39 is 0 Å². The summed E-state index contributed by atoms with van der Waals surface area (Å²) in [6.07, 6.45) is 1.06. The highest BCUT2D eigenvalue weighted by molar-refractivity contribution is 5.50. The second-order valence-corrected chi connectivity index (χ2v) is 1.19. The zero-order chi connectivity index (χ0) is 4.99. The lowest BCUT2D eigenvalue weighted by molar-refractivity contribution is 0.552. The maximum Gasteiger partial charge on any atom is 0.113 e. The van der Waals surface area contributed by atoms with Crippen LogP contribution in [-0.4, -0.2) is 24.8 Å². The minimum absolute atomic E-state index is 0.858. The molecule has 6 heavy (non-hydrogen) atoms. The highest BCUT2D eigenvalue weighted by Gasteiger charge is 1.77. The maximum atomic E-state index is 8.14. The molecule has 0 spiro atoms. The van der Waals surface area contributed by atoms with Crippen LogP contribution in [0.3, 0.4) is 0 Å². The van der Waals surface area contributed by atoms with Crippen LogP contribution in [0.1, 0.15) is 6.92 Å². The van der Waals surface area contributed by atoms with Crippen LogP contribution in [0.5, 0.6) is 0 Å². The molecule has 0 aromatic carbocycles. The van der Waals surface area contributed by atoms with Gasteiger partial charge in [0.15, 0.2) is 0 Å². The van der Waals surface area contributed by atoms with Crippen LogP contribution in [0, 0.1) is 0 Å². The maximum absolute atomic E-state index is 8.14. The standard InChI is InChI=1S/C4H9N2/c1-3-6(2)4-5/h4H,3H2,1-2H3.